The van der Waals surface area contributed by atoms with Crippen molar-refractivity contribution >= 4 is 35.1 Å². The fourth-order valence-electron chi connectivity index (χ4n) is 1.99. The highest BCUT2D eigenvalue weighted by Crippen LogP contribution is 2.34. The van der Waals surface area contributed by atoms with Crippen LogP contribution in [0.1, 0.15) is 22.3 Å². The third-order valence-corrected chi connectivity index (χ3v) is 4.25. The average molecular weight is 292 g/mol. The summed E-state index contributed by atoms with van der Waals surface area (Å²) >= 11 is 1.37. The second-order valence-electron chi connectivity index (χ2n) is 4.60. The zero-order valence-electron chi connectivity index (χ0n) is 10.7. The van der Waals surface area contributed by atoms with Crippen LogP contribution in [0.3, 0.4) is 0 Å². The molecule has 20 heavy (non-hydrogen) atoms. The van der Waals surface area contributed by atoms with Gasteiger partial charge < -0.3 is 5.11 Å². The maximum Gasteiger partial charge on any atom is 0.372 e. The van der Waals surface area contributed by atoms with Gasteiger partial charge in [-0.05, 0) is 19.1 Å². The van der Waals surface area contributed by atoms with E-state index in [4.69, 9.17) is 5.11 Å². The molecule has 1 aliphatic heterocycles. The monoisotopic (exact) mass is 292 g/mol. The van der Waals surface area contributed by atoms with E-state index < -0.39 is 29.9 Å². The Balaban J connectivity index is 2.20. The van der Waals surface area contributed by atoms with E-state index in [2.05, 4.69) is 0 Å². The molecule has 1 atom stereocenters. The van der Waals surface area contributed by atoms with Gasteiger partial charge in [0.15, 0.2) is 11.6 Å². The third kappa shape index (κ3) is 2.80. The van der Waals surface area contributed by atoms with E-state index in [1.807, 2.05) is 19.1 Å². The van der Waals surface area contributed by atoms with Gasteiger partial charge in [0.05, 0.1) is 12.3 Å². The molecule has 1 N–H and O–H groups in total. The van der Waals surface area contributed by atoms with Gasteiger partial charge in [-0.15, -0.1) is 11.8 Å². The Bertz CT molecular complexity index is 620. The van der Waals surface area contributed by atoms with Crippen LogP contribution < -0.4 is 0 Å². The van der Waals surface area contributed by atoms with Crippen molar-refractivity contribution in [2.45, 2.75) is 18.2 Å². The first-order valence-corrected chi connectivity index (χ1v) is 6.95. The van der Waals surface area contributed by atoms with Gasteiger partial charge in [-0.1, -0.05) is 11.6 Å². The van der Waals surface area contributed by atoms with Gasteiger partial charge >= 0.3 is 5.97 Å². The van der Waals surface area contributed by atoms with Crippen LogP contribution in [-0.4, -0.2) is 34.2 Å². The Kier molecular flexibility index (Phi) is 4.04. The number of carboxylic acids is 1. The molecule has 0 saturated heterocycles. The molecule has 0 aromatic heterocycles. The number of fused-ring (bicyclic) bond motifs is 1. The lowest BCUT2D eigenvalue weighted by Crippen LogP contribution is -2.32. The summed E-state index contributed by atoms with van der Waals surface area (Å²) in [5.41, 5.74) is 1.38. The number of aliphatic carboxylic acids is 1. The summed E-state index contributed by atoms with van der Waals surface area (Å²) in [5, 5.41) is 8.50. The Morgan fingerprint density at radius 2 is 2.05 bits per heavy atom. The highest BCUT2D eigenvalue weighted by atomic mass is 32.2. The molecule has 6 heteroatoms. The topological polar surface area (TPSA) is 88.5 Å². The number of aryl methyl sites for hydroxylation is 1. The zero-order valence-corrected chi connectivity index (χ0v) is 11.5. The van der Waals surface area contributed by atoms with E-state index in [0.29, 0.717) is 5.56 Å². The lowest BCUT2D eigenvalue weighted by molar-refractivity contribution is -0.150. The van der Waals surface area contributed by atoms with Gasteiger partial charge in [-0.2, -0.15) is 0 Å². The third-order valence-electron chi connectivity index (χ3n) is 3.08. The maximum absolute atomic E-state index is 12.3. The Morgan fingerprint density at radius 3 is 2.70 bits per heavy atom. The molecule has 0 bridgehead atoms. The van der Waals surface area contributed by atoms with Crippen molar-refractivity contribution in [3.05, 3.63) is 29.3 Å². The first-order chi connectivity index (χ1) is 9.40. The summed E-state index contributed by atoms with van der Waals surface area (Å²) < 4.78 is 0. The summed E-state index contributed by atoms with van der Waals surface area (Å²) in [7, 11) is 0. The number of hydrogen-bond acceptors (Lipinski definition) is 5. The van der Waals surface area contributed by atoms with E-state index in [1.165, 1.54) is 11.8 Å². The molecule has 5 nitrogen and oxygen atoms in total. The van der Waals surface area contributed by atoms with Gasteiger partial charge in [-0.3, -0.25) is 14.4 Å². The number of Topliss-reactive ketones (excluding diaryl/α,β-unsaturated/α-hetero) is 3. The maximum atomic E-state index is 12.3. The number of thioether (sulfide) groups is 1. The summed E-state index contributed by atoms with van der Waals surface area (Å²) in [6, 6.07) is 5.43. The molecule has 1 heterocycles. The first-order valence-electron chi connectivity index (χ1n) is 5.96. The van der Waals surface area contributed by atoms with Crippen molar-refractivity contribution in [1.29, 1.82) is 0 Å². The predicted molar refractivity (Wildman–Crippen MR) is 72.0 cm³/mol. The highest BCUT2D eigenvalue weighted by Gasteiger charge is 2.34. The van der Waals surface area contributed by atoms with Crippen LogP contribution in [0.4, 0.5) is 0 Å². The molecule has 2 rings (SSSR count). The molecule has 1 aromatic rings. The first kappa shape index (κ1) is 14.5. The second kappa shape index (κ2) is 5.58. The van der Waals surface area contributed by atoms with Gasteiger partial charge in [0.1, 0.15) is 0 Å². The predicted octanol–water partition coefficient (Wildman–Crippen LogP) is 1.51. The number of benzene rings is 1. The molecule has 0 radical (unpaired) electrons. The van der Waals surface area contributed by atoms with E-state index >= 15 is 0 Å². The van der Waals surface area contributed by atoms with Crippen LogP contribution in [0.25, 0.3) is 0 Å². The zero-order chi connectivity index (χ0) is 14.9. The molecule has 0 unspecified atom stereocenters. The van der Waals surface area contributed by atoms with Crippen molar-refractivity contribution in [3.63, 3.8) is 0 Å². The number of carbonyl (C=O) groups excluding carboxylic acids is 3. The van der Waals surface area contributed by atoms with Crippen LogP contribution in [0.2, 0.25) is 0 Å². The molecule has 0 amide bonds. The fourth-order valence-corrected chi connectivity index (χ4v) is 3.16. The molecule has 0 aliphatic carbocycles. The van der Waals surface area contributed by atoms with Crippen molar-refractivity contribution in [2.24, 2.45) is 5.92 Å². The van der Waals surface area contributed by atoms with Crippen molar-refractivity contribution in [1.82, 2.24) is 0 Å². The lowest BCUT2D eigenvalue weighted by Gasteiger charge is -2.21. The van der Waals surface area contributed by atoms with Gasteiger partial charge in [0.25, 0.3) is 0 Å². The minimum absolute atomic E-state index is 0.251. The lowest BCUT2D eigenvalue weighted by atomic mass is 9.91. The van der Waals surface area contributed by atoms with Crippen LogP contribution in [0.15, 0.2) is 23.1 Å². The molecule has 0 spiro atoms. The molecular weight excluding hydrogens is 280 g/mol. The molecular formula is C14H12O5S. The van der Waals surface area contributed by atoms with Crippen molar-refractivity contribution < 1.29 is 24.3 Å². The van der Waals surface area contributed by atoms with E-state index in [9.17, 15) is 19.2 Å². The van der Waals surface area contributed by atoms with Gasteiger partial charge in [-0.25, -0.2) is 4.79 Å². The van der Waals surface area contributed by atoms with Crippen LogP contribution in [-0.2, 0) is 14.4 Å². The molecule has 104 valence electrons. The second-order valence-corrected chi connectivity index (χ2v) is 5.66. The minimum atomic E-state index is -1.65. The minimum Gasteiger partial charge on any atom is -0.475 e. The number of rotatable bonds is 4. The molecule has 1 aliphatic rings. The van der Waals surface area contributed by atoms with Crippen LogP contribution in [0.5, 0.6) is 0 Å². The summed E-state index contributed by atoms with van der Waals surface area (Å²) in [4.78, 5) is 46.5. The Hall–Kier alpha value is -1.95. The number of hydrogen-bond donors (Lipinski definition) is 1. The number of carbonyl (C=O) groups is 4. The van der Waals surface area contributed by atoms with Crippen molar-refractivity contribution in [2.75, 3.05) is 5.75 Å². The Morgan fingerprint density at radius 1 is 1.35 bits per heavy atom. The number of ketones is 3. The Labute approximate surface area is 119 Å². The smallest absolute Gasteiger partial charge is 0.372 e. The fraction of sp³-hybridized carbons (Fsp3) is 0.286. The standard InChI is InChI=1S/C14H12O5S/c1-7-2-3-12-8(4-7)13(17)9(6-20-12)10(15)5-11(16)14(18)19/h2-4,9H,5-6H2,1H3,(H,18,19)/t9-/m1/s1. The molecule has 0 saturated carbocycles. The van der Waals surface area contributed by atoms with E-state index in [-0.39, 0.29) is 11.5 Å². The normalized spacial score (nSPS) is 17.4. The van der Waals surface area contributed by atoms with Crippen molar-refractivity contribution in [3.8, 4) is 0 Å². The van der Waals surface area contributed by atoms with Crippen LogP contribution >= 0.6 is 11.8 Å². The van der Waals surface area contributed by atoms with Crippen LogP contribution in [0, 0.1) is 12.8 Å². The quantitative estimate of drug-likeness (QED) is 0.668. The largest absolute Gasteiger partial charge is 0.475 e. The summed E-state index contributed by atoms with van der Waals surface area (Å²) in [6.07, 6.45) is -0.729. The summed E-state index contributed by atoms with van der Waals surface area (Å²) in [6.45, 7) is 1.84. The average Bonchev–Trinajstić information content (AvgIpc) is 2.39. The molecule has 0 fully saturated rings. The van der Waals surface area contributed by atoms with E-state index in [1.54, 1.807) is 6.07 Å². The van der Waals surface area contributed by atoms with Gasteiger partial charge in [0.2, 0.25) is 5.78 Å². The SMILES string of the molecule is Cc1ccc2c(c1)C(=O)[C@@H](C(=O)CC(=O)C(=O)O)CS2. The van der Waals surface area contributed by atoms with Gasteiger partial charge in [0, 0.05) is 16.2 Å². The highest BCUT2D eigenvalue weighted by molar-refractivity contribution is 7.99. The van der Waals surface area contributed by atoms with E-state index in [0.717, 1.165) is 10.5 Å². The summed E-state index contributed by atoms with van der Waals surface area (Å²) in [5.74, 6) is -4.46. The number of carboxylic acid groups (broad SMARTS) is 1. The molecule has 1 aromatic carbocycles.